The second kappa shape index (κ2) is 17.0. The van der Waals surface area contributed by atoms with Crippen molar-refractivity contribution >= 4 is 83.6 Å². The van der Waals surface area contributed by atoms with E-state index in [0.29, 0.717) is 32.6 Å². The van der Waals surface area contributed by atoms with E-state index in [9.17, 15) is 27.6 Å². The number of fused-ring (bicyclic) bond motifs is 1. The SMILES string of the molecule is C=CC1C[C@]1(NC(=O)[C@@H]1C[C@@H](Oc2cc(-c3ccccc3)nc3cc(OC)ccc23)CN1C(=O)[C@@H](NC(=O)OC(C)(C)C)C(C)(C)C)C(=O)NS(=O)(=O)c1cc(Br)c(Cl)s1. The quantitative estimate of drug-likeness (QED) is 0.123. The minimum Gasteiger partial charge on any atom is -0.497 e. The van der Waals surface area contributed by atoms with Crippen molar-refractivity contribution in [3.63, 3.8) is 0 Å². The number of halogens is 2. The molecule has 2 aromatic heterocycles. The molecule has 60 heavy (non-hydrogen) atoms. The summed E-state index contributed by atoms with van der Waals surface area (Å²) >= 11 is 10.0. The Kier molecular flexibility index (Phi) is 12.7. The molecule has 18 heteroatoms. The number of thiophene rings is 1. The first-order chi connectivity index (χ1) is 28.0. The average molecular weight is 945 g/mol. The second-order valence-corrected chi connectivity index (χ2v) is 21.2. The third kappa shape index (κ3) is 9.74. The summed E-state index contributed by atoms with van der Waals surface area (Å²) in [6.07, 6.45) is -0.109. The van der Waals surface area contributed by atoms with Crippen molar-refractivity contribution in [3.05, 3.63) is 82.1 Å². The molecule has 1 saturated carbocycles. The maximum Gasteiger partial charge on any atom is 0.408 e. The molecule has 1 aliphatic heterocycles. The number of nitrogens with one attached hydrogen (secondary N) is 3. The fourth-order valence-corrected chi connectivity index (χ4v) is 10.4. The minimum atomic E-state index is -4.39. The number of ether oxygens (including phenoxy) is 3. The van der Waals surface area contributed by atoms with Gasteiger partial charge in [-0.2, -0.15) is 0 Å². The average Bonchev–Trinajstić information content (AvgIpc) is 3.54. The van der Waals surface area contributed by atoms with Gasteiger partial charge in [0.25, 0.3) is 15.9 Å². The third-order valence-electron chi connectivity index (χ3n) is 10.1. The molecule has 1 aliphatic carbocycles. The number of pyridine rings is 1. The molecule has 2 fully saturated rings. The number of aromatic nitrogens is 1. The Morgan fingerprint density at radius 3 is 2.35 bits per heavy atom. The lowest BCUT2D eigenvalue weighted by Gasteiger charge is -2.36. The summed E-state index contributed by atoms with van der Waals surface area (Å²) in [5.41, 5.74) is -1.38. The zero-order valence-corrected chi connectivity index (χ0v) is 38.1. The van der Waals surface area contributed by atoms with Crippen LogP contribution in [-0.2, 0) is 29.1 Å². The smallest absolute Gasteiger partial charge is 0.408 e. The van der Waals surface area contributed by atoms with E-state index in [1.807, 2.05) is 36.4 Å². The third-order valence-corrected chi connectivity index (χ3v) is 14.4. The number of likely N-dealkylation sites (tertiary alicyclic amines) is 1. The first kappa shape index (κ1) is 44.8. The molecule has 3 N–H and O–H groups in total. The van der Waals surface area contributed by atoms with Crippen molar-refractivity contribution in [2.24, 2.45) is 11.3 Å². The Morgan fingerprint density at radius 1 is 1.07 bits per heavy atom. The molecule has 14 nitrogen and oxygen atoms in total. The predicted octanol–water partition coefficient (Wildman–Crippen LogP) is 7.24. The molecular formula is C42H47BrClN5O9S2. The number of amides is 4. The summed E-state index contributed by atoms with van der Waals surface area (Å²) in [5.74, 6) is -1.90. The van der Waals surface area contributed by atoms with Crippen LogP contribution in [0.25, 0.3) is 22.2 Å². The van der Waals surface area contributed by atoms with Crippen LogP contribution in [0.15, 0.2) is 82.0 Å². The Balaban J connectivity index is 1.35. The molecule has 6 rings (SSSR count). The number of methoxy groups -OCH3 is 1. The van der Waals surface area contributed by atoms with Crippen LogP contribution >= 0.6 is 38.9 Å². The maximum absolute atomic E-state index is 14.7. The van der Waals surface area contributed by atoms with Gasteiger partial charge in [-0.1, -0.05) is 68.8 Å². The van der Waals surface area contributed by atoms with Gasteiger partial charge in [0, 0.05) is 39.9 Å². The van der Waals surface area contributed by atoms with Gasteiger partial charge in [-0.05, 0) is 66.7 Å². The topological polar surface area (TPSA) is 182 Å². The zero-order valence-electron chi connectivity index (χ0n) is 34.1. The van der Waals surface area contributed by atoms with E-state index in [0.717, 1.165) is 16.9 Å². The van der Waals surface area contributed by atoms with Gasteiger partial charge in [0.2, 0.25) is 11.8 Å². The molecule has 0 spiro atoms. The Labute approximate surface area is 366 Å². The number of carbonyl (C=O) groups is 4. The summed E-state index contributed by atoms with van der Waals surface area (Å²) in [4.78, 5) is 62.5. The lowest BCUT2D eigenvalue weighted by atomic mass is 9.85. The van der Waals surface area contributed by atoms with Gasteiger partial charge in [-0.25, -0.2) is 22.9 Å². The van der Waals surface area contributed by atoms with E-state index < -0.39 is 74.5 Å². The normalized spacial score (nSPS) is 20.8. The van der Waals surface area contributed by atoms with E-state index in [-0.39, 0.29) is 27.9 Å². The fraction of sp³-hybridized carbons (Fsp3) is 0.405. The van der Waals surface area contributed by atoms with Gasteiger partial charge < -0.3 is 29.7 Å². The van der Waals surface area contributed by atoms with Gasteiger partial charge in [0.15, 0.2) is 0 Å². The van der Waals surface area contributed by atoms with E-state index in [4.69, 9.17) is 30.8 Å². The molecule has 1 saturated heterocycles. The van der Waals surface area contributed by atoms with Crippen LogP contribution in [-0.4, -0.2) is 85.1 Å². The molecule has 0 bridgehead atoms. The van der Waals surface area contributed by atoms with Gasteiger partial charge in [-0.15, -0.1) is 17.9 Å². The summed E-state index contributed by atoms with van der Waals surface area (Å²) in [7, 11) is -2.83. The van der Waals surface area contributed by atoms with Crippen molar-refractivity contribution in [2.75, 3.05) is 13.7 Å². The van der Waals surface area contributed by atoms with E-state index in [2.05, 4.69) is 37.9 Å². The molecule has 5 atom stereocenters. The molecule has 2 aliphatic rings. The van der Waals surface area contributed by atoms with Crippen molar-refractivity contribution in [3.8, 4) is 22.8 Å². The molecule has 4 amide bonds. The van der Waals surface area contributed by atoms with Gasteiger partial charge in [-0.3, -0.25) is 14.4 Å². The number of nitrogens with zero attached hydrogens (tertiary/aromatic N) is 2. The molecule has 320 valence electrons. The van der Waals surface area contributed by atoms with E-state index in [1.165, 1.54) is 17.0 Å². The monoisotopic (exact) mass is 943 g/mol. The highest BCUT2D eigenvalue weighted by molar-refractivity contribution is 9.10. The molecule has 3 heterocycles. The Bertz CT molecular complexity index is 2430. The zero-order chi connectivity index (χ0) is 43.9. The molecule has 2 aromatic carbocycles. The van der Waals surface area contributed by atoms with E-state index >= 15 is 0 Å². The predicted molar refractivity (Wildman–Crippen MR) is 232 cm³/mol. The maximum atomic E-state index is 14.7. The first-order valence-electron chi connectivity index (χ1n) is 19.0. The summed E-state index contributed by atoms with van der Waals surface area (Å²) in [6, 6.07) is 15.6. The molecule has 1 unspecified atom stereocenters. The highest BCUT2D eigenvalue weighted by Crippen LogP contribution is 2.46. The number of hydrogen-bond donors (Lipinski definition) is 3. The van der Waals surface area contributed by atoms with Crippen molar-refractivity contribution in [2.45, 2.75) is 87.9 Å². The summed E-state index contributed by atoms with van der Waals surface area (Å²) in [5, 5.41) is 6.16. The second-order valence-electron chi connectivity index (χ2n) is 16.8. The number of carbonyl (C=O) groups excluding carboxylic acids is 4. The molecule has 4 aromatic rings. The number of sulfonamides is 1. The number of alkyl carbamates (subject to hydrolysis) is 1. The van der Waals surface area contributed by atoms with Crippen LogP contribution < -0.4 is 24.8 Å². The van der Waals surface area contributed by atoms with Crippen LogP contribution in [0.1, 0.15) is 54.4 Å². The minimum absolute atomic E-state index is 0.0298. The van der Waals surface area contributed by atoms with E-state index in [1.54, 1.807) is 66.9 Å². The highest BCUT2D eigenvalue weighted by atomic mass is 79.9. The van der Waals surface area contributed by atoms with Crippen LogP contribution in [0.2, 0.25) is 4.34 Å². The van der Waals surface area contributed by atoms with Gasteiger partial charge >= 0.3 is 6.09 Å². The lowest BCUT2D eigenvalue weighted by molar-refractivity contribution is -0.143. The van der Waals surface area contributed by atoms with Crippen molar-refractivity contribution < 1.29 is 41.8 Å². The first-order valence-corrected chi connectivity index (χ1v) is 22.5. The van der Waals surface area contributed by atoms with Crippen LogP contribution in [0.4, 0.5) is 4.79 Å². The number of benzene rings is 2. The Morgan fingerprint density at radius 2 is 1.77 bits per heavy atom. The highest BCUT2D eigenvalue weighted by Gasteiger charge is 2.61. The molecular weight excluding hydrogens is 898 g/mol. The lowest BCUT2D eigenvalue weighted by Crippen LogP contribution is -2.60. The number of rotatable bonds is 12. The largest absolute Gasteiger partial charge is 0.497 e. The standard InChI is InChI=1S/C42H47BrClN5O9S2/c1-9-24-21-42(24,38(52)48-60(54,55)33-19-28(43)35(44)59-33)47-36(50)31-18-26(22-49(31)37(51)34(40(2,3)4)46-39(53)58-41(5,6)7)57-32-20-29(23-13-11-10-12-14-23)45-30-17-25(56-8)15-16-27(30)32/h9-17,19-20,24,26,31,34H,1,18,21-22H2,2-8H3,(H,46,53)(H,47,50)(H,48,52)/t24?,26-,31+,34-,42-/m1/s1. The van der Waals surface area contributed by atoms with Crippen LogP contribution in [0.3, 0.4) is 0 Å². The molecule has 0 radical (unpaired) electrons. The summed E-state index contributed by atoms with van der Waals surface area (Å²) in [6.45, 7) is 14.1. The van der Waals surface area contributed by atoms with Crippen molar-refractivity contribution in [1.29, 1.82) is 0 Å². The van der Waals surface area contributed by atoms with Crippen LogP contribution in [0, 0.1) is 11.3 Å². The van der Waals surface area contributed by atoms with Gasteiger partial charge in [0.1, 0.15) is 49.4 Å². The number of hydrogen-bond acceptors (Lipinski definition) is 11. The summed E-state index contributed by atoms with van der Waals surface area (Å²) < 4.78 is 46.7. The van der Waals surface area contributed by atoms with Crippen LogP contribution in [0.5, 0.6) is 11.5 Å². The fourth-order valence-electron chi connectivity index (χ4n) is 7.01. The Hall–Kier alpha value is -4.71. The van der Waals surface area contributed by atoms with Gasteiger partial charge in [0.05, 0.1) is 24.9 Å². The van der Waals surface area contributed by atoms with Crippen molar-refractivity contribution in [1.82, 2.24) is 25.2 Å².